The molecule has 2 fully saturated rings. The van der Waals surface area contributed by atoms with Crippen LogP contribution >= 0.6 is 23.4 Å². The lowest BCUT2D eigenvalue weighted by molar-refractivity contribution is -0.0436. The zero-order chi connectivity index (χ0) is 59.1. The Bertz CT molecular complexity index is 3640. The molecule has 0 aliphatic carbocycles. The maximum atomic E-state index is 15.7. The maximum absolute atomic E-state index is 15.7. The second kappa shape index (κ2) is 26.1. The van der Waals surface area contributed by atoms with Gasteiger partial charge in [-0.1, -0.05) is 72.3 Å². The monoisotopic (exact) mass is 1220 g/mol. The van der Waals surface area contributed by atoms with Crippen molar-refractivity contribution in [2.75, 3.05) is 71.4 Å². The Hall–Kier alpha value is -7.24. The standard InChI is InChI=1S/C60H62ClF4N7O8S3/c1-3-72-40(2)55(58(73)74)56(57(72)42-14-16-44(61)17-15-42)43-34-45(62)36-50(35-43)71-32-30-70(31-33-71)49-20-18-47(19-21-49)68-83(78,79)52-22-23-53(54(37-52)82(76,77)60(63,64)65)66-48(39-81-51-12-8-5-9-13-51)26-29-69-27-24-46(25-28-69)67-59(75)80-38-41-10-6-4-7-11-41/h4-23,34-37,46,48,66,68H,3,24-33,38-39H2,1-2H3,(H,67,75)(H,73,74)/t48-/m1/s1. The number of sulfone groups is 1. The van der Waals surface area contributed by atoms with Crippen LogP contribution in [0.2, 0.25) is 5.02 Å². The quantitative estimate of drug-likeness (QED) is 0.0394. The van der Waals surface area contributed by atoms with Crippen LogP contribution in [0.25, 0.3) is 22.4 Å². The molecule has 2 aliphatic rings. The van der Waals surface area contributed by atoms with E-state index in [1.54, 1.807) is 49.4 Å². The fourth-order valence-corrected chi connectivity index (χ4v) is 13.7. The van der Waals surface area contributed by atoms with Gasteiger partial charge >= 0.3 is 17.6 Å². The topological polar surface area (TPSA) is 183 Å². The predicted octanol–water partition coefficient (Wildman–Crippen LogP) is 12.4. The number of hydrogen-bond acceptors (Lipinski definition) is 12. The maximum Gasteiger partial charge on any atom is 0.501 e. The Kier molecular flexibility index (Phi) is 19.0. The number of sulfonamides is 1. The number of carbonyl (C=O) groups excluding carboxylic acids is 1. The number of alkyl halides is 3. The number of thioether (sulfide) groups is 1. The molecule has 0 spiro atoms. The van der Waals surface area contributed by atoms with Crippen molar-refractivity contribution in [2.24, 2.45) is 0 Å². The lowest BCUT2D eigenvalue weighted by Gasteiger charge is -2.37. The number of piperazine rings is 1. The molecule has 23 heteroatoms. The van der Waals surface area contributed by atoms with Crippen molar-refractivity contribution in [1.82, 2.24) is 14.8 Å². The van der Waals surface area contributed by atoms with Crippen LogP contribution in [0.5, 0.6) is 0 Å². The van der Waals surface area contributed by atoms with Crippen LogP contribution in [0, 0.1) is 12.7 Å². The van der Waals surface area contributed by atoms with Gasteiger partial charge in [-0.3, -0.25) is 4.72 Å². The Balaban J connectivity index is 0.861. The second-order valence-electron chi connectivity index (χ2n) is 20.2. The summed E-state index contributed by atoms with van der Waals surface area (Å²) in [4.78, 5) is 30.5. The van der Waals surface area contributed by atoms with Crippen molar-refractivity contribution in [2.45, 2.75) is 78.5 Å². The number of carboxylic acids is 1. The number of piperidine rings is 1. The van der Waals surface area contributed by atoms with E-state index in [2.05, 4.69) is 20.3 Å². The molecule has 6 aromatic carbocycles. The molecule has 0 bridgehead atoms. The summed E-state index contributed by atoms with van der Waals surface area (Å²) in [5, 5.41) is 16.9. The summed E-state index contributed by atoms with van der Waals surface area (Å²) in [5.41, 5.74) is -1.24. The molecule has 0 saturated carbocycles. The molecule has 1 atom stereocenters. The van der Waals surface area contributed by atoms with Gasteiger partial charge in [0.2, 0.25) is 0 Å². The Morgan fingerprint density at radius 2 is 1.42 bits per heavy atom. The number of amides is 1. The number of aromatic nitrogens is 1. The molecule has 4 N–H and O–H groups in total. The number of benzene rings is 6. The molecule has 2 aliphatic heterocycles. The van der Waals surface area contributed by atoms with E-state index in [9.17, 15) is 44.7 Å². The van der Waals surface area contributed by atoms with E-state index in [0.717, 1.165) is 33.8 Å². The fourth-order valence-electron chi connectivity index (χ4n) is 10.5. The second-order valence-corrected chi connectivity index (χ2v) is 25.4. The third-order valence-corrected chi connectivity index (χ3v) is 19.1. The molecule has 83 heavy (non-hydrogen) atoms. The van der Waals surface area contributed by atoms with Crippen LogP contribution in [-0.2, 0) is 37.7 Å². The lowest BCUT2D eigenvalue weighted by Crippen LogP contribution is -2.46. The Morgan fingerprint density at radius 3 is 2.05 bits per heavy atom. The average molecular weight is 1220 g/mol. The molecule has 0 radical (unpaired) electrons. The highest BCUT2D eigenvalue weighted by atomic mass is 35.5. The summed E-state index contributed by atoms with van der Waals surface area (Å²) in [6.07, 6.45) is 1.11. The van der Waals surface area contributed by atoms with Crippen molar-refractivity contribution in [3.8, 4) is 22.4 Å². The van der Waals surface area contributed by atoms with E-state index in [-0.39, 0.29) is 23.9 Å². The van der Waals surface area contributed by atoms with E-state index < -0.39 is 64.8 Å². The van der Waals surface area contributed by atoms with Crippen LogP contribution in [0.15, 0.2) is 160 Å². The Labute approximate surface area is 489 Å². The van der Waals surface area contributed by atoms with Gasteiger partial charge in [0.05, 0.1) is 21.8 Å². The Morgan fingerprint density at radius 1 is 0.783 bits per heavy atom. The normalized spacial score (nSPS) is 15.0. The number of aromatic carboxylic acids is 1. The van der Waals surface area contributed by atoms with Gasteiger partial charge in [-0.25, -0.2) is 30.8 Å². The molecule has 1 aromatic heterocycles. The highest BCUT2D eigenvalue weighted by Crippen LogP contribution is 2.42. The third-order valence-electron chi connectivity index (χ3n) is 14.8. The number of anilines is 4. The molecule has 1 amide bonds. The summed E-state index contributed by atoms with van der Waals surface area (Å²) in [7, 11) is -10.8. The highest BCUT2D eigenvalue weighted by Gasteiger charge is 2.48. The lowest BCUT2D eigenvalue weighted by atomic mass is 9.96. The van der Waals surface area contributed by atoms with Gasteiger partial charge in [-0.2, -0.15) is 13.2 Å². The van der Waals surface area contributed by atoms with Gasteiger partial charge in [0.15, 0.2) is 0 Å². The number of carbonyl (C=O) groups is 2. The zero-order valence-corrected chi connectivity index (χ0v) is 48.6. The number of hydrogen-bond donors (Lipinski definition) is 4. The van der Waals surface area contributed by atoms with Crippen LogP contribution < -0.4 is 25.2 Å². The SMILES string of the molecule is CCn1c(C)c(C(=O)O)c(-c2cc(F)cc(N3CCN(c4ccc(NS(=O)(=O)c5ccc(N[C@H](CCN6CCC(NC(=O)OCc7ccccc7)CC6)CSc6ccccc6)c(S(=O)(=O)C(F)(F)F)c5)cc4)CC3)c2)c1-c1ccc(Cl)cc1. The van der Waals surface area contributed by atoms with E-state index in [4.69, 9.17) is 16.3 Å². The zero-order valence-electron chi connectivity index (χ0n) is 45.4. The average Bonchev–Trinajstić information content (AvgIpc) is 3.92. The fraction of sp³-hybridized carbons (Fsp3) is 0.300. The van der Waals surface area contributed by atoms with Gasteiger partial charge in [0.1, 0.15) is 17.3 Å². The number of rotatable bonds is 21. The molecule has 9 rings (SSSR count). The molecule has 15 nitrogen and oxygen atoms in total. The highest BCUT2D eigenvalue weighted by molar-refractivity contribution is 7.99. The molecule has 0 unspecified atom stereocenters. The summed E-state index contributed by atoms with van der Waals surface area (Å²) in [5.74, 6) is -1.37. The number of alkyl carbamates (subject to hydrolysis) is 1. The largest absolute Gasteiger partial charge is 0.501 e. The number of nitrogens with zero attached hydrogens (tertiary/aromatic N) is 4. The molecule has 2 saturated heterocycles. The molecule has 7 aromatic rings. The van der Waals surface area contributed by atoms with E-state index in [0.29, 0.717) is 117 Å². The molecular weight excluding hydrogens is 1150 g/mol. The van der Waals surface area contributed by atoms with Crippen LogP contribution in [0.3, 0.4) is 0 Å². The third kappa shape index (κ3) is 14.6. The van der Waals surface area contributed by atoms with Crippen LogP contribution in [0.1, 0.15) is 47.8 Å². The van der Waals surface area contributed by atoms with Crippen molar-refractivity contribution >= 4 is 78.0 Å². The van der Waals surface area contributed by atoms with Crippen molar-refractivity contribution in [1.29, 1.82) is 0 Å². The number of likely N-dealkylation sites (tertiary alicyclic amines) is 1. The number of carboxylic acid groups (broad SMARTS) is 1. The minimum atomic E-state index is -6.09. The molecule has 3 heterocycles. The molecular formula is C60H62ClF4N7O8S3. The number of halogens is 5. The number of nitrogens with one attached hydrogen (secondary N) is 3. The van der Waals surface area contributed by atoms with E-state index in [1.807, 2.05) is 82.0 Å². The van der Waals surface area contributed by atoms with Gasteiger partial charge in [-0.15, -0.1) is 11.8 Å². The molecule has 438 valence electrons. The summed E-state index contributed by atoms with van der Waals surface area (Å²) < 4.78 is 123. The van der Waals surface area contributed by atoms with Crippen molar-refractivity contribution < 1.29 is 53.8 Å². The first-order valence-corrected chi connectivity index (χ1v) is 31.3. The van der Waals surface area contributed by atoms with Crippen LogP contribution in [0.4, 0.5) is 45.1 Å². The van der Waals surface area contributed by atoms with Gasteiger partial charge in [-0.05, 0) is 135 Å². The first kappa shape index (κ1) is 60.4. The number of ether oxygens (including phenoxy) is 1. The van der Waals surface area contributed by atoms with Gasteiger partial charge in [0, 0.05) is 108 Å². The summed E-state index contributed by atoms with van der Waals surface area (Å²) in [6, 6.07) is 38.4. The van der Waals surface area contributed by atoms with Crippen molar-refractivity contribution in [3.05, 3.63) is 173 Å². The first-order valence-electron chi connectivity index (χ1n) is 26.9. The van der Waals surface area contributed by atoms with E-state index in [1.165, 1.54) is 36.0 Å². The van der Waals surface area contributed by atoms with Gasteiger partial charge in [0.25, 0.3) is 19.9 Å². The summed E-state index contributed by atoms with van der Waals surface area (Å²) in [6.45, 7) is 7.76. The minimum absolute atomic E-state index is 0.0637. The summed E-state index contributed by atoms with van der Waals surface area (Å²) >= 11 is 7.64. The first-order chi connectivity index (χ1) is 39.7. The minimum Gasteiger partial charge on any atom is -0.478 e. The van der Waals surface area contributed by atoms with Gasteiger partial charge < -0.3 is 39.7 Å². The predicted molar refractivity (Wildman–Crippen MR) is 317 cm³/mol. The van der Waals surface area contributed by atoms with Crippen molar-refractivity contribution in [3.63, 3.8) is 0 Å². The smallest absolute Gasteiger partial charge is 0.478 e. The van der Waals surface area contributed by atoms with Crippen LogP contribution in [-0.4, -0.2) is 113 Å². The van der Waals surface area contributed by atoms with E-state index >= 15 is 4.39 Å².